The lowest BCUT2D eigenvalue weighted by atomic mass is 10.2. The van der Waals surface area contributed by atoms with Gasteiger partial charge in [-0.2, -0.15) is 5.10 Å². The van der Waals surface area contributed by atoms with Gasteiger partial charge in [-0.15, -0.1) is 10.2 Å². The third kappa shape index (κ3) is 6.17. The van der Waals surface area contributed by atoms with Crippen LogP contribution >= 0.6 is 35.0 Å². The summed E-state index contributed by atoms with van der Waals surface area (Å²) in [5.41, 5.74) is 4.81. The molecular weight excluding hydrogens is 521 g/mol. The number of amides is 1. The average Bonchev–Trinajstić information content (AvgIpc) is 3.32. The van der Waals surface area contributed by atoms with Gasteiger partial charge in [0.2, 0.25) is 0 Å². The first kappa shape index (κ1) is 25.6. The standard InChI is InChI=1S/C25H21Cl2N5O3S/c1-34-20-9-4-16(5-10-20)24-30-31-25(32(24)19-7-11-21(35-2)12-8-19)36-15-23(33)29-28-14-17-3-6-18(26)13-22(17)27/h3-14H,15H2,1-2H3,(H,29,33)/b28-14+. The third-order valence-corrected chi connectivity index (χ3v) is 6.49. The van der Waals surface area contributed by atoms with Crippen LogP contribution in [0.3, 0.4) is 0 Å². The lowest BCUT2D eigenvalue weighted by Crippen LogP contribution is -2.20. The van der Waals surface area contributed by atoms with Crippen LogP contribution in [0.4, 0.5) is 0 Å². The molecule has 0 unspecified atom stereocenters. The molecule has 3 aromatic carbocycles. The zero-order valence-electron chi connectivity index (χ0n) is 19.3. The first-order valence-corrected chi connectivity index (χ1v) is 12.4. The van der Waals surface area contributed by atoms with Crippen molar-refractivity contribution >= 4 is 47.1 Å². The van der Waals surface area contributed by atoms with Gasteiger partial charge in [-0.3, -0.25) is 9.36 Å². The smallest absolute Gasteiger partial charge is 0.250 e. The Morgan fingerprint density at radius 2 is 1.67 bits per heavy atom. The minimum absolute atomic E-state index is 0.0720. The number of carbonyl (C=O) groups excluding carboxylic acids is 1. The van der Waals surface area contributed by atoms with Crippen molar-refractivity contribution in [2.45, 2.75) is 5.16 Å². The number of carbonyl (C=O) groups is 1. The van der Waals surface area contributed by atoms with E-state index in [0.29, 0.717) is 26.6 Å². The molecular formula is C25H21Cl2N5O3S. The maximum atomic E-state index is 12.4. The van der Waals surface area contributed by atoms with Gasteiger partial charge in [-0.25, -0.2) is 5.43 Å². The van der Waals surface area contributed by atoms with E-state index in [4.69, 9.17) is 32.7 Å². The number of methoxy groups -OCH3 is 2. The Kier molecular flexibility index (Phi) is 8.48. The SMILES string of the molecule is COc1ccc(-c2nnc(SCC(=O)N/N=C/c3ccc(Cl)cc3Cl)n2-c2ccc(OC)cc2)cc1. The molecule has 4 rings (SSSR count). The van der Waals surface area contributed by atoms with Gasteiger partial charge in [0.1, 0.15) is 11.5 Å². The molecule has 8 nitrogen and oxygen atoms in total. The maximum absolute atomic E-state index is 12.4. The van der Waals surface area contributed by atoms with E-state index in [2.05, 4.69) is 20.7 Å². The summed E-state index contributed by atoms with van der Waals surface area (Å²) in [7, 11) is 3.22. The van der Waals surface area contributed by atoms with Crippen molar-refractivity contribution < 1.29 is 14.3 Å². The van der Waals surface area contributed by atoms with E-state index in [1.165, 1.54) is 18.0 Å². The molecule has 0 bridgehead atoms. The fourth-order valence-electron chi connectivity index (χ4n) is 3.20. The quantitative estimate of drug-likeness (QED) is 0.171. The molecule has 1 amide bonds. The molecule has 4 aromatic rings. The Bertz CT molecular complexity index is 1380. The van der Waals surface area contributed by atoms with E-state index in [9.17, 15) is 4.79 Å². The summed E-state index contributed by atoms with van der Waals surface area (Å²) < 4.78 is 12.4. The molecule has 0 saturated heterocycles. The highest BCUT2D eigenvalue weighted by Crippen LogP contribution is 2.30. The molecule has 0 aliphatic rings. The highest BCUT2D eigenvalue weighted by atomic mass is 35.5. The molecule has 0 radical (unpaired) electrons. The number of halogens is 2. The van der Waals surface area contributed by atoms with E-state index in [0.717, 1.165) is 22.7 Å². The zero-order chi connectivity index (χ0) is 25.5. The van der Waals surface area contributed by atoms with E-state index < -0.39 is 0 Å². The number of thioether (sulfide) groups is 1. The minimum Gasteiger partial charge on any atom is -0.497 e. The van der Waals surface area contributed by atoms with Crippen LogP contribution in [0.15, 0.2) is 77.0 Å². The second-order valence-corrected chi connectivity index (χ2v) is 9.10. The summed E-state index contributed by atoms with van der Waals surface area (Å²) in [4.78, 5) is 12.4. The van der Waals surface area contributed by atoms with E-state index in [1.54, 1.807) is 32.4 Å². The van der Waals surface area contributed by atoms with Gasteiger partial charge < -0.3 is 9.47 Å². The number of nitrogens with zero attached hydrogens (tertiary/aromatic N) is 4. The molecule has 184 valence electrons. The van der Waals surface area contributed by atoms with Crippen LogP contribution in [0.2, 0.25) is 10.0 Å². The first-order chi connectivity index (χ1) is 17.5. The van der Waals surface area contributed by atoms with Crippen molar-refractivity contribution in [3.63, 3.8) is 0 Å². The molecule has 1 N–H and O–H groups in total. The highest BCUT2D eigenvalue weighted by Gasteiger charge is 2.17. The summed E-state index contributed by atoms with van der Waals surface area (Å²) in [5.74, 6) is 1.85. The molecule has 0 spiro atoms. The molecule has 0 fully saturated rings. The van der Waals surface area contributed by atoms with E-state index >= 15 is 0 Å². The summed E-state index contributed by atoms with van der Waals surface area (Å²) in [6, 6.07) is 20.0. The molecule has 0 aliphatic carbocycles. The molecule has 11 heteroatoms. The van der Waals surface area contributed by atoms with Crippen molar-refractivity contribution in [1.82, 2.24) is 20.2 Å². The number of benzene rings is 3. The van der Waals surface area contributed by atoms with E-state index in [-0.39, 0.29) is 11.7 Å². The van der Waals surface area contributed by atoms with Crippen molar-refractivity contribution in [2.24, 2.45) is 5.10 Å². The van der Waals surface area contributed by atoms with E-state index in [1.807, 2.05) is 53.1 Å². The topological polar surface area (TPSA) is 90.6 Å². The molecule has 0 saturated carbocycles. The maximum Gasteiger partial charge on any atom is 0.250 e. The number of ether oxygens (including phenoxy) is 2. The first-order valence-electron chi connectivity index (χ1n) is 10.6. The van der Waals surface area contributed by atoms with Gasteiger partial charge in [0.05, 0.1) is 31.2 Å². The van der Waals surface area contributed by atoms with Crippen LogP contribution in [0.25, 0.3) is 17.1 Å². The van der Waals surface area contributed by atoms with Gasteiger partial charge in [-0.05, 0) is 60.7 Å². The summed E-state index contributed by atoms with van der Waals surface area (Å²) in [6.45, 7) is 0. The third-order valence-electron chi connectivity index (χ3n) is 5.00. The Morgan fingerprint density at radius 1 is 1.00 bits per heavy atom. The van der Waals surface area contributed by atoms with Crippen molar-refractivity contribution in [3.05, 3.63) is 82.3 Å². The molecule has 0 aliphatic heterocycles. The van der Waals surface area contributed by atoms with Crippen molar-refractivity contribution in [2.75, 3.05) is 20.0 Å². The molecule has 0 atom stereocenters. The largest absolute Gasteiger partial charge is 0.497 e. The second kappa shape index (κ2) is 11.9. The number of nitrogens with one attached hydrogen (secondary N) is 1. The Hall–Kier alpha value is -3.53. The van der Waals surface area contributed by atoms with Crippen LogP contribution in [-0.2, 0) is 4.79 Å². The number of hydrogen-bond donors (Lipinski definition) is 1. The normalized spacial score (nSPS) is 11.0. The van der Waals surface area contributed by atoms with Crippen molar-refractivity contribution in [1.29, 1.82) is 0 Å². The zero-order valence-corrected chi connectivity index (χ0v) is 21.6. The van der Waals surface area contributed by atoms with Crippen LogP contribution in [0.1, 0.15) is 5.56 Å². The van der Waals surface area contributed by atoms with Crippen LogP contribution in [0.5, 0.6) is 11.5 Å². The van der Waals surface area contributed by atoms with Crippen LogP contribution in [0, 0.1) is 0 Å². The van der Waals surface area contributed by atoms with Gasteiger partial charge in [-0.1, -0.05) is 41.0 Å². The summed E-state index contributed by atoms with van der Waals surface area (Å²) >= 11 is 13.3. The van der Waals surface area contributed by atoms with Gasteiger partial charge in [0, 0.05) is 21.8 Å². The lowest BCUT2D eigenvalue weighted by Gasteiger charge is -2.11. The monoisotopic (exact) mass is 541 g/mol. The van der Waals surface area contributed by atoms with Gasteiger partial charge in [0.25, 0.3) is 5.91 Å². The van der Waals surface area contributed by atoms with Gasteiger partial charge in [0.15, 0.2) is 11.0 Å². The minimum atomic E-state index is -0.309. The predicted molar refractivity (Wildman–Crippen MR) is 143 cm³/mol. The molecule has 1 heterocycles. The average molecular weight is 542 g/mol. The molecule has 1 aromatic heterocycles. The predicted octanol–water partition coefficient (Wildman–Crippen LogP) is 5.50. The summed E-state index contributed by atoms with van der Waals surface area (Å²) in [6.07, 6.45) is 1.46. The Balaban J connectivity index is 1.52. The second-order valence-electron chi connectivity index (χ2n) is 7.32. The fraction of sp³-hybridized carbons (Fsp3) is 0.120. The van der Waals surface area contributed by atoms with Crippen LogP contribution < -0.4 is 14.9 Å². The fourth-order valence-corrected chi connectivity index (χ4v) is 4.40. The van der Waals surface area contributed by atoms with Gasteiger partial charge >= 0.3 is 0 Å². The highest BCUT2D eigenvalue weighted by molar-refractivity contribution is 7.99. The summed E-state index contributed by atoms with van der Waals surface area (Å²) in [5, 5.41) is 14.2. The van der Waals surface area contributed by atoms with Crippen molar-refractivity contribution in [3.8, 4) is 28.6 Å². The number of rotatable bonds is 9. The number of aromatic nitrogens is 3. The van der Waals surface area contributed by atoms with Crippen LogP contribution in [-0.4, -0.2) is 46.9 Å². The number of hydrogen-bond acceptors (Lipinski definition) is 7. The Morgan fingerprint density at radius 3 is 2.31 bits per heavy atom. The number of hydrazone groups is 1. The Labute approximate surface area is 222 Å². The molecule has 36 heavy (non-hydrogen) atoms. The lowest BCUT2D eigenvalue weighted by molar-refractivity contribution is -0.118.